The Labute approximate surface area is 127 Å². The van der Waals surface area contributed by atoms with Crippen molar-refractivity contribution in [1.29, 1.82) is 0 Å². The van der Waals surface area contributed by atoms with Crippen LogP contribution >= 0.6 is 11.3 Å². The molecule has 0 saturated carbocycles. The van der Waals surface area contributed by atoms with Gasteiger partial charge in [0.1, 0.15) is 0 Å². The molecular weight excluding hydrogens is 262 g/mol. The van der Waals surface area contributed by atoms with E-state index in [9.17, 15) is 0 Å². The zero-order chi connectivity index (χ0) is 14.4. The Morgan fingerprint density at radius 2 is 1.80 bits per heavy atom. The van der Waals surface area contributed by atoms with E-state index in [0.29, 0.717) is 18.0 Å². The van der Waals surface area contributed by atoms with Gasteiger partial charge in [-0.2, -0.15) is 0 Å². The Bertz CT molecular complexity index is 475. The lowest BCUT2D eigenvalue weighted by Crippen LogP contribution is -2.29. The molecule has 20 heavy (non-hydrogen) atoms. The van der Waals surface area contributed by atoms with Crippen molar-refractivity contribution in [2.45, 2.75) is 45.7 Å². The van der Waals surface area contributed by atoms with E-state index in [2.05, 4.69) is 73.9 Å². The largest absolute Gasteiger partial charge is 0.302 e. The first-order valence-corrected chi connectivity index (χ1v) is 8.44. The molecule has 0 bridgehead atoms. The fourth-order valence-corrected chi connectivity index (χ4v) is 3.57. The third-order valence-corrected chi connectivity index (χ3v) is 4.63. The SMILES string of the molecule is CCCC(NC(c1cccs1)C(C)C)c1ccccc1. The van der Waals surface area contributed by atoms with Crippen LogP contribution in [0.1, 0.15) is 56.1 Å². The molecule has 1 nitrogen and oxygen atoms in total. The van der Waals surface area contributed by atoms with E-state index in [1.54, 1.807) is 0 Å². The van der Waals surface area contributed by atoms with Crippen LogP contribution in [0.15, 0.2) is 47.8 Å². The third kappa shape index (κ3) is 3.94. The van der Waals surface area contributed by atoms with E-state index < -0.39 is 0 Å². The number of thiophene rings is 1. The summed E-state index contributed by atoms with van der Waals surface area (Å²) < 4.78 is 0. The lowest BCUT2D eigenvalue weighted by Gasteiger charge is -2.28. The molecule has 0 aliphatic heterocycles. The van der Waals surface area contributed by atoms with Gasteiger partial charge in [-0.05, 0) is 29.3 Å². The second kappa shape index (κ2) is 7.61. The summed E-state index contributed by atoms with van der Waals surface area (Å²) in [4.78, 5) is 1.44. The van der Waals surface area contributed by atoms with Crippen LogP contribution in [0.3, 0.4) is 0 Å². The quantitative estimate of drug-likeness (QED) is 0.701. The van der Waals surface area contributed by atoms with E-state index in [1.165, 1.54) is 23.3 Å². The summed E-state index contributed by atoms with van der Waals surface area (Å²) in [6.07, 6.45) is 2.38. The lowest BCUT2D eigenvalue weighted by atomic mass is 9.97. The van der Waals surface area contributed by atoms with Crippen molar-refractivity contribution in [3.63, 3.8) is 0 Å². The number of benzene rings is 1. The van der Waals surface area contributed by atoms with Crippen molar-refractivity contribution in [2.24, 2.45) is 5.92 Å². The molecule has 0 saturated heterocycles. The van der Waals surface area contributed by atoms with Crippen LogP contribution in [0.4, 0.5) is 0 Å². The molecule has 2 aromatic rings. The van der Waals surface area contributed by atoms with Crippen molar-refractivity contribution < 1.29 is 0 Å². The first-order valence-electron chi connectivity index (χ1n) is 7.56. The highest BCUT2D eigenvalue weighted by Gasteiger charge is 2.21. The summed E-state index contributed by atoms with van der Waals surface area (Å²) in [5, 5.41) is 6.05. The molecule has 1 aromatic carbocycles. The van der Waals surface area contributed by atoms with E-state index in [4.69, 9.17) is 0 Å². The topological polar surface area (TPSA) is 12.0 Å². The monoisotopic (exact) mass is 287 g/mol. The Kier molecular flexibility index (Phi) is 5.81. The highest BCUT2D eigenvalue weighted by molar-refractivity contribution is 7.10. The average molecular weight is 287 g/mol. The molecule has 2 atom stereocenters. The summed E-state index contributed by atoms with van der Waals surface area (Å²) in [6, 6.07) is 16.1. The van der Waals surface area contributed by atoms with Gasteiger partial charge in [0.15, 0.2) is 0 Å². The third-order valence-electron chi connectivity index (χ3n) is 3.68. The molecule has 0 spiro atoms. The van der Waals surface area contributed by atoms with Crippen LogP contribution in [-0.4, -0.2) is 0 Å². The molecule has 2 unspecified atom stereocenters. The molecule has 2 heteroatoms. The van der Waals surface area contributed by atoms with Crippen molar-refractivity contribution in [3.05, 3.63) is 58.3 Å². The van der Waals surface area contributed by atoms with Gasteiger partial charge in [-0.25, -0.2) is 0 Å². The summed E-state index contributed by atoms with van der Waals surface area (Å²) in [7, 11) is 0. The maximum atomic E-state index is 3.88. The fraction of sp³-hybridized carbons (Fsp3) is 0.444. The molecule has 0 aliphatic carbocycles. The number of hydrogen-bond acceptors (Lipinski definition) is 2. The van der Waals surface area contributed by atoms with Gasteiger partial charge in [0.2, 0.25) is 0 Å². The summed E-state index contributed by atoms with van der Waals surface area (Å²) in [5.74, 6) is 0.594. The first-order chi connectivity index (χ1) is 9.72. The summed E-state index contributed by atoms with van der Waals surface area (Å²) >= 11 is 1.85. The zero-order valence-electron chi connectivity index (χ0n) is 12.7. The maximum absolute atomic E-state index is 3.88. The zero-order valence-corrected chi connectivity index (χ0v) is 13.5. The molecule has 0 amide bonds. The van der Waals surface area contributed by atoms with E-state index in [1.807, 2.05) is 11.3 Å². The molecule has 0 aliphatic rings. The lowest BCUT2D eigenvalue weighted by molar-refractivity contribution is 0.354. The Morgan fingerprint density at radius 3 is 2.35 bits per heavy atom. The predicted octanol–water partition coefficient (Wildman–Crippen LogP) is 5.58. The van der Waals surface area contributed by atoms with Crippen molar-refractivity contribution >= 4 is 11.3 Å². The van der Waals surface area contributed by atoms with Gasteiger partial charge in [0, 0.05) is 17.0 Å². The standard InChI is InChI=1S/C18H25NS/c1-4-9-16(15-10-6-5-7-11-15)19-18(14(2)3)17-12-8-13-20-17/h5-8,10-14,16,18-19H,4,9H2,1-3H3. The van der Waals surface area contributed by atoms with Crippen LogP contribution in [0.25, 0.3) is 0 Å². The molecule has 1 N–H and O–H groups in total. The molecule has 2 rings (SSSR count). The van der Waals surface area contributed by atoms with Gasteiger partial charge in [-0.3, -0.25) is 0 Å². The van der Waals surface area contributed by atoms with Crippen molar-refractivity contribution in [2.75, 3.05) is 0 Å². The molecule has 0 fully saturated rings. The minimum atomic E-state index is 0.437. The molecule has 1 heterocycles. The smallest absolute Gasteiger partial charge is 0.0442 e. The van der Waals surface area contributed by atoms with Crippen molar-refractivity contribution in [3.8, 4) is 0 Å². The van der Waals surface area contributed by atoms with Gasteiger partial charge >= 0.3 is 0 Å². The second-order valence-electron chi connectivity index (χ2n) is 5.66. The van der Waals surface area contributed by atoms with Gasteiger partial charge < -0.3 is 5.32 Å². The van der Waals surface area contributed by atoms with E-state index in [-0.39, 0.29) is 0 Å². The van der Waals surface area contributed by atoms with E-state index in [0.717, 1.165) is 0 Å². The minimum Gasteiger partial charge on any atom is -0.302 e. The fourth-order valence-electron chi connectivity index (χ4n) is 2.61. The molecular formula is C18H25NS. The van der Waals surface area contributed by atoms with Gasteiger partial charge in [0.05, 0.1) is 0 Å². The van der Waals surface area contributed by atoms with Crippen LogP contribution in [0.5, 0.6) is 0 Å². The van der Waals surface area contributed by atoms with Gasteiger partial charge in [-0.15, -0.1) is 11.3 Å². The Morgan fingerprint density at radius 1 is 1.05 bits per heavy atom. The summed E-state index contributed by atoms with van der Waals surface area (Å²) in [5.41, 5.74) is 1.40. The van der Waals surface area contributed by atoms with E-state index >= 15 is 0 Å². The van der Waals surface area contributed by atoms with Gasteiger partial charge in [-0.1, -0.05) is 63.6 Å². The number of rotatable bonds is 7. The molecule has 0 radical (unpaired) electrons. The predicted molar refractivity (Wildman–Crippen MR) is 89.1 cm³/mol. The normalized spacial score (nSPS) is 14.4. The van der Waals surface area contributed by atoms with Crippen LogP contribution < -0.4 is 5.32 Å². The van der Waals surface area contributed by atoms with Crippen LogP contribution in [0.2, 0.25) is 0 Å². The van der Waals surface area contributed by atoms with Crippen LogP contribution in [0, 0.1) is 5.92 Å². The highest BCUT2D eigenvalue weighted by atomic mass is 32.1. The maximum Gasteiger partial charge on any atom is 0.0442 e. The average Bonchev–Trinajstić information content (AvgIpc) is 2.97. The summed E-state index contributed by atoms with van der Waals surface area (Å²) in [6.45, 7) is 6.85. The van der Waals surface area contributed by atoms with Crippen LogP contribution in [-0.2, 0) is 0 Å². The minimum absolute atomic E-state index is 0.437. The number of hydrogen-bond donors (Lipinski definition) is 1. The van der Waals surface area contributed by atoms with Crippen molar-refractivity contribution in [1.82, 2.24) is 5.32 Å². The van der Waals surface area contributed by atoms with Gasteiger partial charge in [0.25, 0.3) is 0 Å². The number of nitrogens with one attached hydrogen (secondary N) is 1. The Balaban J connectivity index is 2.17. The second-order valence-corrected chi connectivity index (χ2v) is 6.63. The highest BCUT2D eigenvalue weighted by Crippen LogP contribution is 2.30. The molecule has 1 aromatic heterocycles. The molecule has 108 valence electrons. The first kappa shape index (κ1) is 15.3. The Hall–Kier alpha value is -1.12.